The Bertz CT molecular complexity index is 1760. The molecule has 4 aromatic rings. The van der Waals surface area contributed by atoms with E-state index >= 15 is 0 Å². The molecule has 1 fully saturated rings. The first-order valence-corrected chi connectivity index (χ1v) is 15.0. The van der Waals surface area contributed by atoms with Crippen molar-refractivity contribution in [3.05, 3.63) is 78.4 Å². The van der Waals surface area contributed by atoms with E-state index in [4.69, 9.17) is 5.73 Å². The van der Waals surface area contributed by atoms with E-state index in [1.807, 2.05) is 0 Å². The number of ether oxygens (including phenoxy) is 1. The number of fused-ring (bicyclic) bond motifs is 1. The molecule has 246 valence electrons. The third-order valence-corrected chi connectivity index (χ3v) is 8.79. The number of sulfonamides is 1. The summed E-state index contributed by atoms with van der Waals surface area (Å²) in [4.78, 5) is 29.4. The van der Waals surface area contributed by atoms with Gasteiger partial charge < -0.3 is 20.5 Å². The van der Waals surface area contributed by atoms with Gasteiger partial charge in [-0.15, -0.1) is 13.2 Å². The average Bonchev–Trinajstić information content (AvgIpc) is 3.04. The standard InChI is InChI=1S/C18H15F3N6O5S.C10H13F2N/c19-18(20,21)32-11-1-3-12(4-2-11)33(30,31)27-6-5-26(9-14(27)17(28)29)15-8-23-13-7-22-10-24-16(13)25-15;1-2-10(11,12)9-5-3-8(7-13)4-6-9/h1-4,7-8,10,14H,5-6,9H2,(H,28,29);3-6H,2,7,13H2,1H3/t14-;/m1./s1. The van der Waals surface area contributed by atoms with Crippen molar-refractivity contribution >= 4 is 33.0 Å². The van der Waals surface area contributed by atoms with Crippen LogP contribution in [0.3, 0.4) is 0 Å². The predicted octanol–water partition coefficient (Wildman–Crippen LogP) is 3.93. The van der Waals surface area contributed by atoms with E-state index in [1.165, 1.54) is 37.8 Å². The molecule has 1 aliphatic rings. The highest BCUT2D eigenvalue weighted by atomic mass is 32.2. The van der Waals surface area contributed by atoms with Gasteiger partial charge in [-0.2, -0.15) is 4.31 Å². The Morgan fingerprint density at radius 3 is 2.28 bits per heavy atom. The van der Waals surface area contributed by atoms with Crippen LogP contribution in [0.1, 0.15) is 24.5 Å². The Morgan fingerprint density at radius 2 is 1.70 bits per heavy atom. The lowest BCUT2D eigenvalue weighted by molar-refractivity contribution is -0.274. The molecule has 1 atom stereocenters. The second-order valence-electron chi connectivity index (χ2n) is 9.85. The van der Waals surface area contributed by atoms with Gasteiger partial charge in [0.05, 0.1) is 17.3 Å². The van der Waals surface area contributed by atoms with E-state index in [9.17, 15) is 40.3 Å². The minimum atomic E-state index is -4.93. The Hall–Kier alpha value is -4.55. The van der Waals surface area contributed by atoms with Crippen LogP contribution >= 0.6 is 0 Å². The first kappa shape index (κ1) is 34.3. The molecule has 46 heavy (non-hydrogen) atoms. The SMILES string of the molecule is CCC(F)(F)c1ccc(CN)cc1.O=C(O)[C@H]1CN(c2cnc3cncnc3n2)CCN1S(=O)(=O)c1ccc(OC(F)(F)F)cc1. The van der Waals surface area contributed by atoms with Crippen molar-refractivity contribution in [3.8, 4) is 5.75 Å². The summed E-state index contributed by atoms with van der Waals surface area (Å²) < 4.78 is 93.8. The molecule has 2 aromatic heterocycles. The van der Waals surface area contributed by atoms with E-state index < -0.39 is 40.1 Å². The van der Waals surface area contributed by atoms with Crippen LogP contribution < -0.4 is 15.4 Å². The smallest absolute Gasteiger partial charge is 0.480 e. The van der Waals surface area contributed by atoms with Crippen LogP contribution in [0.15, 0.2) is 72.1 Å². The van der Waals surface area contributed by atoms with Crippen LogP contribution in [0.2, 0.25) is 0 Å². The molecule has 0 saturated carbocycles. The third-order valence-electron chi connectivity index (χ3n) is 6.87. The fourth-order valence-electron chi connectivity index (χ4n) is 4.41. The number of hydrogen-bond donors (Lipinski definition) is 2. The quantitative estimate of drug-likeness (QED) is 0.261. The van der Waals surface area contributed by atoms with Crippen molar-refractivity contribution in [1.29, 1.82) is 0 Å². The summed E-state index contributed by atoms with van der Waals surface area (Å²) >= 11 is 0. The van der Waals surface area contributed by atoms with Crippen molar-refractivity contribution in [1.82, 2.24) is 24.2 Å². The Labute approximate surface area is 259 Å². The van der Waals surface area contributed by atoms with Crippen molar-refractivity contribution in [2.45, 2.75) is 43.1 Å². The molecule has 0 radical (unpaired) electrons. The molecular weight excluding hydrogens is 641 g/mol. The van der Waals surface area contributed by atoms with Gasteiger partial charge in [0.15, 0.2) is 5.65 Å². The molecule has 3 N–H and O–H groups in total. The van der Waals surface area contributed by atoms with Gasteiger partial charge in [-0.05, 0) is 29.8 Å². The van der Waals surface area contributed by atoms with E-state index in [2.05, 4.69) is 24.7 Å². The second-order valence-corrected chi connectivity index (χ2v) is 11.7. The van der Waals surface area contributed by atoms with Crippen LogP contribution in [0.4, 0.5) is 27.8 Å². The number of carboxylic acid groups (broad SMARTS) is 1. The number of aliphatic carboxylic acids is 1. The highest BCUT2D eigenvalue weighted by Crippen LogP contribution is 2.31. The number of alkyl halides is 5. The Balaban J connectivity index is 0.000000310. The van der Waals surface area contributed by atoms with Crippen LogP contribution in [0.25, 0.3) is 11.2 Å². The lowest BCUT2D eigenvalue weighted by Gasteiger charge is -2.38. The van der Waals surface area contributed by atoms with Gasteiger partial charge in [0, 0.05) is 38.2 Å². The predicted molar refractivity (Wildman–Crippen MR) is 154 cm³/mol. The first-order valence-electron chi connectivity index (χ1n) is 13.6. The van der Waals surface area contributed by atoms with Gasteiger partial charge in [0.1, 0.15) is 29.5 Å². The molecule has 5 rings (SSSR count). The third kappa shape index (κ3) is 8.18. The maximum absolute atomic E-state index is 13.1. The number of nitrogens with two attached hydrogens (primary N) is 1. The summed E-state index contributed by atoms with van der Waals surface area (Å²) in [6, 6.07) is 8.22. The highest BCUT2D eigenvalue weighted by Gasteiger charge is 2.41. The summed E-state index contributed by atoms with van der Waals surface area (Å²) in [6.07, 6.45) is -0.934. The first-order chi connectivity index (χ1) is 21.6. The maximum Gasteiger partial charge on any atom is 0.573 e. The number of aromatic nitrogens is 4. The number of piperazine rings is 1. The Morgan fingerprint density at radius 1 is 1.02 bits per heavy atom. The van der Waals surface area contributed by atoms with E-state index in [-0.39, 0.29) is 36.5 Å². The molecule has 18 heteroatoms. The molecular formula is C28H28F5N7O5S. The second kappa shape index (κ2) is 13.8. The number of anilines is 1. The summed E-state index contributed by atoms with van der Waals surface area (Å²) in [5.41, 5.74) is 7.02. The molecule has 1 aliphatic heterocycles. The molecule has 0 spiro atoms. The van der Waals surface area contributed by atoms with E-state index in [0.717, 1.165) is 34.1 Å². The molecule has 0 aliphatic carbocycles. The zero-order valence-electron chi connectivity index (χ0n) is 24.1. The molecule has 2 aromatic carbocycles. The number of benzene rings is 2. The summed E-state index contributed by atoms with van der Waals surface area (Å²) in [5, 5.41) is 9.69. The number of carbonyl (C=O) groups is 1. The topological polar surface area (TPSA) is 165 Å². The number of hydrogen-bond acceptors (Lipinski definition) is 10. The van der Waals surface area contributed by atoms with Crippen molar-refractivity contribution in [2.24, 2.45) is 5.73 Å². The van der Waals surface area contributed by atoms with Crippen molar-refractivity contribution < 1.29 is 45.0 Å². The highest BCUT2D eigenvalue weighted by molar-refractivity contribution is 7.89. The number of nitrogens with zero attached hydrogens (tertiary/aromatic N) is 6. The van der Waals surface area contributed by atoms with Crippen LogP contribution in [-0.2, 0) is 27.3 Å². The van der Waals surface area contributed by atoms with Crippen molar-refractivity contribution in [2.75, 3.05) is 24.5 Å². The minimum Gasteiger partial charge on any atom is -0.480 e. The van der Waals surface area contributed by atoms with Gasteiger partial charge >= 0.3 is 12.3 Å². The fourth-order valence-corrected chi connectivity index (χ4v) is 5.98. The lowest BCUT2D eigenvalue weighted by Crippen LogP contribution is -2.58. The minimum absolute atomic E-state index is 0.0622. The lowest BCUT2D eigenvalue weighted by atomic mass is 10.0. The van der Waals surface area contributed by atoms with Crippen LogP contribution in [0.5, 0.6) is 5.75 Å². The molecule has 12 nitrogen and oxygen atoms in total. The molecule has 0 unspecified atom stereocenters. The van der Waals surface area contributed by atoms with E-state index in [0.29, 0.717) is 23.5 Å². The largest absolute Gasteiger partial charge is 0.573 e. The zero-order valence-corrected chi connectivity index (χ0v) is 24.9. The van der Waals surface area contributed by atoms with Gasteiger partial charge in [-0.3, -0.25) is 4.79 Å². The monoisotopic (exact) mass is 669 g/mol. The molecule has 3 heterocycles. The van der Waals surface area contributed by atoms with Crippen LogP contribution in [-0.4, -0.2) is 75.8 Å². The van der Waals surface area contributed by atoms with Gasteiger partial charge in [-0.1, -0.05) is 31.2 Å². The van der Waals surface area contributed by atoms with Crippen LogP contribution in [0, 0.1) is 0 Å². The molecule has 0 bridgehead atoms. The number of halogens is 5. The number of carboxylic acids is 1. The average molecular weight is 670 g/mol. The molecule has 1 saturated heterocycles. The zero-order chi connectivity index (χ0) is 33.7. The fraction of sp³-hybridized carbons (Fsp3) is 0.321. The van der Waals surface area contributed by atoms with Gasteiger partial charge in [0.2, 0.25) is 10.0 Å². The summed E-state index contributed by atoms with van der Waals surface area (Å²) in [7, 11) is -4.32. The van der Waals surface area contributed by atoms with Gasteiger partial charge in [-0.25, -0.2) is 37.1 Å². The maximum atomic E-state index is 13.1. The van der Waals surface area contributed by atoms with Gasteiger partial charge in [0.25, 0.3) is 5.92 Å². The van der Waals surface area contributed by atoms with Crippen molar-refractivity contribution in [3.63, 3.8) is 0 Å². The normalized spacial score (nSPS) is 16.1. The summed E-state index contributed by atoms with van der Waals surface area (Å²) in [6.45, 7) is 1.52. The molecule has 0 amide bonds. The number of rotatable bonds is 8. The van der Waals surface area contributed by atoms with E-state index in [1.54, 1.807) is 17.0 Å². The Kier molecular flexibility index (Phi) is 10.3. The summed E-state index contributed by atoms with van der Waals surface area (Å²) in [5.74, 6) is -4.39.